The number of urea groups is 1. The summed E-state index contributed by atoms with van der Waals surface area (Å²) in [6.45, 7) is 0.580. The molecule has 1 N–H and O–H groups in total. The van der Waals surface area contributed by atoms with Crippen molar-refractivity contribution in [3.05, 3.63) is 83.7 Å². The van der Waals surface area contributed by atoms with Gasteiger partial charge in [-0.25, -0.2) is 4.79 Å². The van der Waals surface area contributed by atoms with Crippen molar-refractivity contribution in [2.75, 3.05) is 19.0 Å². The number of carbonyl (C=O) groups is 1. The molecule has 5 heteroatoms. The first kappa shape index (κ1) is 19.7. The lowest BCUT2D eigenvalue weighted by Gasteiger charge is -2.32. The van der Waals surface area contributed by atoms with E-state index in [1.165, 1.54) is 12.8 Å². The number of benzene rings is 2. The molecule has 1 saturated carbocycles. The van der Waals surface area contributed by atoms with Gasteiger partial charge in [-0.05, 0) is 54.3 Å². The van der Waals surface area contributed by atoms with Gasteiger partial charge < -0.3 is 19.7 Å². The number of para-hydroxylation sites is 1. The Morgan fingerprint density at radius 1 is 0.968 bits per heavy atom. The van der Waals surface area contributed by atoms with Crippen LogP contribution in [0.4, 0.5) is 10.5 Å². The predicted octanol–water partition coefficient (Wildman–Crippen LogP) is 5.10. The van der Waals surface area contributed by atoms with Crippen LogP contribution in [0.15, 0.2) is 66.9 Å². The van der Waals surface area contributed by atoms with Crippen molar-refractivity contribution in [1.82, 2.24) is 14.8 Å². The Morgan fingerprint density at radius 2 is 1.71 bits per heavy atom. The van der Waals surface area contributed by atoms with Crippen LogP contribution in [0.1, 0.15) is 48.5 Å². The summed E-state index contributed by atoms with van der Waals surface area (Å²) in [5.41, 5.74) is 5.70. The first-order chi connectivity index (χ1) is 15.1. The topological polar surface area (TPSA) is 40.5 Å². The summed E-state index contributed by atoms with van der Waals surface area (Å²) in [7, 11) is 4.09. The van der Waals surface area contributed by atoms with Crippen LogP contribution in [0.3, 0.4) is 0 Å². The van der Waals surface area contributed by atoms with Crippen molar-refractivity contribution in [1.29, 1.82) is 0 Å². The zero-order chi connectivity index (χ0) is 21.4. The van der Waals surface area contributed by atoms with Crippen molar-refractivity contribution in [2.24, 2.45) is 0 Å². The third-order valence-electron chi connectivity index (χ3n) is 6.63. The summed E-state index contributed by atoms with van der Waals surface area (Å²) < 4.78 is 2.24. The Bertz CT molecular complexity index is 1060. The van der Waals surface area contributed by atoms with E-state index in [2.05, 4.69) is 81.6 Å². The van der Waals surface area contributed by atoms with Crippen molar-refractivity contribution in [3.8, 4) is 5.69 Å². The second-order valence-corrected chi connectivity index (χ2v) is 8.88. The van der Waals surface area contributed by atoms with Gasteiger partial charge in [0.25, 0.3) is 0 Å². The Hall–Kier alpha value is -3.21. The van der Waals surface area contributed by atoms with Crippen LogP contribution in [-0.2, 0) is 6.54 Å². The molecule has 2 heterocycles. The van der Waals surface area contributed by atoms with Crippen LogP contribution in [0.25, 0.3) is 5.69 Å². The van der Waals surface area contributed by atoms with Crippen LogP contribution < -0.4 is 10.2 Å². The molecule has 2 aliphatic rings. The molecule has 1 aromatic heterocycles. The van der Waals surface area contributed by atoms with Crippen molar-refractivity contribution >= 4 is 11.7 Å². The molecule has 1 atom stereocenters. The highest BCUT2D eigenvalue weighted by Crippen LogP contribution is 2.37. The van der Waals surface area contributed by atoms with Crippen LogP contribution in [0.2, 0.25) is 0 Å². The Balaban J connectivity index is 1.60. The zero-order valence-electron chi connectivity index (χ0n) is 18.3. The number of anilines is 1. The number of fused-ring (bicyclic) bond motifs is 3. The third-order valence-corrected chi connectivity index (χ3v) is 6.63. The van der Waals surface area contributed by atoms with Gasteiger partial charge >= 0.3 is 6.03 Å². The number of hydrogen-bond acceptors (Lipinski definition) is 2. The molecule has 0 bridgehead atoms. The molecule has 31 heavy (non-hydrogen) atoms. The number of nitrogens with one attached hydrogen (secondary N) is 1. The lowest BCUT2D eigenvalue weighted by Crippen LogP contribution is -2.45. The fraction of sp³-hybridized carbons (Fsp3) is 0.346. The van der Waals surface area contributed by atoms with Crippen LogP contribution in [-0.4, -0.2) is 35.6 Å². The van der Waals surface area contributed by atoms with Crippen molar-refractivity contribution < 1.29 is 4.79 Å². The summed E-state index contributed by atoms with van der Waals surface area (Å²) in [6, 6.07) is 21.4. The average Bonchev–Trinajstić information content (AvgIpc) is 3.44. The Labute approximate surface area is 184 Å². The van der Waals surface area contributed by atoms with Gasteiger partial charge in [-0.15, -0.1) is 0 Å². The molecule has 1 aliphatic carbocycles. The van der Waals surface area contributed by atoms with Gasteiger partial charge in [0, 0.05) is 37.7 Å². The lowest BCUT2D eigenvalue weighted by molar-refractivity contribution is 0.176. The standard InChI is InChI=1S/C26H30N4O/c1-28(2)22-15-13-19(14-16-22)25-24-12-7-17-29(24)23-11-6-3-8-20(23)18-30(25)26(31)27-21-9-4-5-10-21/h3,6-8,11-17,21,25H,4-5,9-10,18H2,1-2H3,(H,27,31)/t25-/m0/s1. The van der Waals surface area contributed by atoms with Gasteiger partial charge in [-0.3, -0.25) is 0 Å². The van der Waals surface area contributed by atoms with Gasteiger partial charge in [-0.2, -0.15) is 0 Å². The van der Waals surface area contributed by atoms with Gasteiger partial charge in [0.2, 0.25) is 0 Å². The van der Waals surface area contributed by atoms with E-state index < -0.39 is 0 Å². The number of hydrogen-bond donors (Lipinski definition) is 1. The van der Waals surface area contributed by atoms with Crippen molar-refractivity contribution in [3.63, 3.8) is 0 Å². The van der Waals surface area contributed by atoms with Gasteiger partial charge in [0.1, 0.15) is 0 Å². The van der Waals surface area contributed by atoms with E-state index in [1.54, 1.807) is 0 Å². The highest BCUT2D eigenvalue weighted by molar-refractivity contribution is 5.76. The van der Waals surface area contributed by atoms with E-state index in [0.29, 0.717) is 6.54 Å². The third kappa shape index (κ3) is 3.69. The smallest absolute Gasteiger partial charge is 0.318 e. The molecule has 2 aromatic carbocycles. The van der Waals surface area contributed by atoms with E-state index in [4.69, 9.17) is 0 Å². The zero-order valence-corrected chi connectivity index (χ0v) is 18.3. The summed E-state index contributed by atoms with van der Waals surface area (Å²) in [5, 5.41) is 3.33. The number of rotatable bonds is 3. The first-order valence-corrected chi connectivity index (χ1v) is 11.2. The lowest BCUT2D eigenvalue weighted by atomic mass is 10.0. The van der Waals surface area contributed by atoms with E-state index >= 15 is 0 Å². The Kier molecular flexibility index (Phi) is 5.18. The Morgan fingerprint density at radius 3 is 2.45 bits per heavy atom. The fourth-order valence-corrected chi connectivity index (χ4v) is 4.97. The summed E-state index contributed by atoms with van der Waals surface area (Å²) in [6.07, 6.45) is 6.66. The van der Waals surface area contributed by atoms with E-state index in [0.717, 1.165) is 41.0 Å². The van der Waals surface area contributed by atoms with Crippen LogP contribution in [0.5, 0.6) is 0 Å². The molecule has 160 valence electrons. The second kappa shape index (κ2) is 8.14. The summed E-state index contributed by atoms with van der Waals surface area (Å²) >= 11 is 0. The molecule has 0 spiro atoms. The molecule has 0 saturated heterocycles. The highest BCUT2D eigenvalue weighted by atomic mass is 16.2. The normalized spacial score (nSPS) is 18.3. The van der Waals surface area contributed by atoms with E-state index in [-0.39, 0.29) is 18.1 Å². The van der Waals surface area contributed by atoms with Crippen molar-refractivity contribution in [2.45, 2.75) is 44.3 Å². The molecule has 3 aromatic rings. The van der Waals surface area contributed by atoms with Gasteiger partial charge in [0.05, 0.1) is 18.3 Å². The molecule has 1 fully saturated rings. The summed E-state index contributed by atoms with van der Waals surface area (Å²) in [5.74, 6) is 0. The van der Waals surface area contributed by atoms with E-state index in [9.17, 15) is 4.79 Å². The quantitative estimate of drug-likeness (QED) is 0.648. The minimum absolute atomic E-state index is 0.0260. The minimum atomic E-state index is -0.153. The minimum Gasteiger partial charge on any atom is -0.378 e. The molecular formula is C26H30N4O. The second-order valence-electron chi connectivity index (χ2n) is 8.88. The average molecular weight is 415 g/mol. The SMILES string of the molecule is CN(C)c1ccc([C@H]2c3cccn3-c3ccccc3CN2C(=O)NC2CCCC2)cc1. The first-order valence-electron chi connectivity index (χ1n) is 11.2. The maximum atomic E-state index is 13.6. The number of carbonyl (C=O) groups excluding carboxylic acids is 1. The fourth-order valence-electron chi connectivity index (χ4n) is 4.97. The molecule has 2 amide bonds. The number of nitrogens with zero attached hydrogens (tertiary/aromatic N) is 3. The maximum Gasteiger partial charge on any atom is 0.318 e. The molecule has 0 unspecified atom stereocenters. The predicted molar refractivity (Wildman–Crippen MR) is 125 cm³/mol. The van der Waals surface area contributed by atoms with Gasteiger partial charge in [0.15, 0.2) is 0 Å². The molecule has 0 radical (unpaired) electrons. The monoisotopic (exact) mass is 414 g/mol. The molecule has 5 nitrogen and oxygen atoms in total. The maximum absolute atomic E-state index is 13.6. The highest BCUT2D eigenvalue weighted by Gasteiger charge is 2.34. The number of amides is 2. The van der Waals surface area contributed by atoms with E-state index in [1.807, 2.05) is 19.0 Å². The van der Waals surface area contributed by atoms with Crippen LogP contribution in [0, 0.1) is 0 Å². The number of aromatic nitrogens is 1. The van der Waals surface area contributed by atoms with Gasteiger partial charge in [-0.1, -0.05) is 43.2 Å². The largest absolute Gasteiger partial charge is 0.378 e. The molecule has 1 aliphatic heterocycles. The van der Waals surface area contributed by atoms with Crippen LogP contribution >= 0.6 is 0 Å². The molecular weight excluding hydrogens is 384 g/mol. The molecule has 5 rings (SSSR count). The summed E-state index contributed by atoms with van der Waals surface area (Å²) in [4.78, 5) is 17.7.